The first-order chi connectivity index (χ1) is 14.3. The van der Waals surface area contributed by atoms with Crippen LogP contribution in [-0.4, -0.2) is 10.1 Å². The van der Waals surface area contributed by atoms with E-state index in [2.05, 4.69) is 60.6 Å². The summed E-state index contributed by atoms with van der Waals surface area (Å²) in [7, 11) is 0. The van der Waals surface area contributed by atoms with E-state index in [1.54, 1.807) is 0 Å². The molecule has 1 aromatic heterocycles. The summed E-state index contributed by atoms with van der Waals surface area (Å²) < 4.78 is 5.61. The highest BCUT2D eigenvalue weighted by molar-refractivity contribution is 5.67. The van der Waals surface area contributed by atoms with E-state index in [9.17, 15) is 0 Å². The van der Waals surface area contributed by atoms with Crippen LogP contribution in [0.1, 0.15) is 76.5 Å². The molecule has 0 spiro atoms. The lowest BCUT2D eigenvalue weighted by atomic mass is 9.79. The summed E-state index contributed by atoms with van der Waals surface area (Å²) in [6, 6.07) is 18.8. The third kappa shape index (κ3) is 5.14. The standard InChI is InChI=1S/C26H32N2O/c1-2-3-4-6-9-20-12-14-23(15-13-20)25-27-26(29-28-25)24-18-16-22(17-19-24)21-10-7-5-8-11-21/h5,7-8,10-11,16-20,23H,2-4,6,9,12-15H2,1H3. The fourth-order valence-electron chi connectivity index (χ4n) is 4.52. The van der Waals surface area contributed by atoms with Crippen molar-refractivity contribution in [2.24, 2.45) is 5.92 Å². The predicted molar refractivity (Wildman–Crippen MR) is 119 cm³/mol. The van der Waals surface area contributed by atoms with Crippen LogP contribution in [0.25, 0.3) is 22.6 Å². The molecule has 1 heterocycles. The van der Waals surface area contributed by atoms with E-state index in [1.165, 1.54) is 68.9 Å². The molecule has 0 N–H and O–H groups in total. The van der Waals surface area contributed by atoms with Gasteiger partial charge in [-0.2, -0.15) is 4.98 Å². The molecule has 0 radical (unpaired) electrons. The van der Waals surface area contributed by atoms with E-state index in [0.29, 0.717) is 11.8 Å². The summed E-state index contributed by atoms with van der Waals surface area (Å²) in [6.45, 7) is 2.28. The lowest BCUT2D eigenvalue weighted by Crippen LogP contribution is -2.14. The van der Waals surface area contributed by atoms with Crippen molar-refractivity contribution in [3.8, 4) is 22.6 Å². The van der Waals surface area contributed by atoms with Crippen LogP contribution in [-0.2, 0) is 0 Å². The lowest BCUT2D eigenvalue weighted by molar-refractivity contribution is 0.291. The van der Waals surface area contributed by atoms with Gasteiger partial charge in [0.1, 0.15) is 0 Å². The van der Waals surface area contributed by atoms with Gasteiger partial charge in [0, 0.05) is 11.5 Å². The Morgan fingerprint density at radius 2 is 1.48 bits per heavy atom. The first-order valence-electron chi connectivity index (χ1n) is 11.3. The van der Waals surface area contributed by atoms with Crippen molar-refractivity contribution >= 4 is 0 Å². The maximum Gasteiger partial charge on any atom is 0.257 e. The molecular formula is C26H32N2O. The molecule has 29 heavy (non-hydrogen) atoms. The second kappa shape index (κ2) is 9.87. The average molecular weight is 389 g/mol. The molecule has 4 rings (SSSR count). The van der Waals surface area contributed by atoms with Gasteiger partial charge < -0.3 is 4.52 Å². The minimum atomic E-state index is 0.461. The van der Waals surface area contributed by atoms with Gasteiger partial charge in [-0.05, 0) is 54.9 Å². The Balaban J connectivity index is 1.33. The maximum absolute atomic E-state index is 5.61. The molecule has 0 bridgehead atoms. The second-order valence-corrected chi connectivity index (χ2v) is 8.47. The van der Waals surface area contributed by atoms with E-state index in [0.717, 1.165) is 17.3 Å². The zero-order valence-corrected chi connectivity index (χ0v) is 17.5. The van der Waals surface area contributed by atoms with E-state index in [4.69, 9.17) is 9.51 Å². The van der Waals surface area contributed by atoms with Crippen LogP contribution >= 0.6 is 0 Å². The molecule has 152 valence electrons. The van der Waals surface area contributed by atoms with Crippen molar-refractivity contribution in [3.63, 3.8) is 0 Å². The topological polar surface area (TPSA) is 38.9 Å². The van der Waals surface area contributed by atoms with Gasteiger partial charge in [0.05, 0.1) is 0 Å². The summed E-state index contributed by atoms with van der Waals surface area (Å²) in [5.74, 6) is 2.90. The van der Waals surface area contributed by atoms with Crippen LogP contribution in [0.4, 0.5) is 0 Å². The number of aromatic nitrogens is 2. The molecule has 2 aromatic carbocycles. The van der Waals surface area contributed by atoms with Crippen LogP contribution in [0.15, 0.2) is 59.1 Å². The number of hydrogen-bond donors (Lipinski definition) is 0. The summed E-state index contributed by atoms with van der Waals surface area (Å²) >= 11 is 0. The zero-order valence-electron chi connectivity index (χ0n) is 17.5. The molecular weight excluding hydrogens is 356 g/mol. The molecule has 0 atom stereocenters. The Morgan fingerprint density at radius 3 is 2.21 bits per heavy atom. The van der Waals surface area contributed by atoms with Crippen molar-refractivity contribution in [1.29, 1.82) is 0 Å². The Hall–Kier alpha value is -2.42. The predicted octanol–water partition coefficient (Wildman–Crippen LogP) is 7.65. The van der Waals surface area contributed by atoms with Crippen LogP contribution in [0.3, 0.4) is 0 Å². The minimum absolute atomic E-state index is 0.461. The molecule has 3 aromatic rings. The number of rotatable bonds is 8. The van der Waals surface area contributed by atoms with Crippen molar-refractivity contribution in [2.75, 3.05) is 0 Å². The van der Waals surface area contributed by atoms with Gasteiger partial charge in [-0.15, -0.1) is 0 Å². The molecule has 3 heteroatoms. The van der Waals surface area contributed by atoms with E-state index in [-0.39, 0.29) is 0 Å². The average Bonchev–Trinajstić information content (AvgIpc) is 3.28. The smallest absolute Gasteiger partial charge is 0.257 e. The lowest BCUT2D eigenvalue weighted by Gasteiger charge is -2.26. The zero-order chi connectivity index (χ0) is 19.9. The number of hydrogen-bond acceptors (Lipinski definition) is 3. The SMILES string of the molecule is CCCCCCC1CCC(c2noc(-c3ccc(-c4ccccc4)cc3)n2)CC1. The molecule has 0 amide bonds. The Morgan fingerprint density at radius 1 is 0.793 bits per heavy atom. The molecule has 3 nitrogen and oxygen atoms in total. The van der Waals surface area contributed by atoms with Crippen molar-refractivity contribution in [1.82, 2.24) is 10.1 Å². The second-order valence-electron chi connectivity index (χ2n) is 8.47. The summed E-state index contributed by atoms with van der Waals surface area (Å²) in [5.41, 5.74) is 3.41. The molecule has 1 aliphatic carbocycles. The summed E-state index contributed by atoms with van der Waals surface area (Å²) in [5, 5.41) is 4.32. The monoisotopic (exact) mass is 388 g/mol. The Bertz CT molecular complexity index is 861. The van der Waals surface area contributed by atoms with Crippen molar-refractivity contribution in [2.45, 2.75) is 70.6 Å². The Kier molecular flexibility index (Phi) is 6.76. The quantitative estimate of drug-likeness (QED) is 0.372. The molecule has 0 aliphatic heterocycles. The van der Waals surface area contributed by atoms with Crippen LogP contribution < -0.4 is 0 Å². The highest BCUT2D eigenvalue weighted by Crippen LogP contribution is 2.37. The number of unbranched alkanes of at least 4 members (excludes halogenated alkanes) is 3. The molecule has 1 saturated carbocycles. The van der Waals surface area contributed by atoms with Gasteiger partial charge in [-0.3, -0.25) is 0 Å². The van der Waals surface area contributed by atoms with Gasteiger partial charge in [-0.25, -0.2) is 0 Å². The largest absolute Gasteiger partial charge is 0.334 e. The van der Waals surface area contributed by atoms with Crippen LogP contribution in [0, 0.1) is 5.92 Å². The van der Waals surface area contributed by atoms with Gasteiger partial charge in [0.15, 0.2) is 5.82 Å². The highest BCUT2D eigenvalue weighted by atomic mass is 16.5. The normalized spacial score (nSPS) is 19.3. The van der Waals surface area contributed by atoms with E-state index >= 15 is 0 Å². The number of benzene rings is 2. The third-order valence-corrected chi connectivity index (χ3v) is 6.36. The fraction of sp³-hybridized carbons (Fsp3) is 0.462. The van der Waals surface area contributed by atoms with Gasteiger partial charge in [0.2, 0.25) is 0 Å². The van der Waals surface area contributed by atoms with Crippen molar-refractivity contribution < 1.29 is 4.52 Å². The maximum atomic E-state index is 5.61. The molecule has 0 unspecified atom stereocenters. The summed E-state index contributed by atoms with van der Waals surface area (Å²) in [6.07, 6.45) is 11.9. The van der Waals surface area contributed by atoms with Gasteiger partial charge in [-0.1, -0.05) is 86.6 Å². The van der Waals surface area contributed by atoms with E-state index in [1.807, 2.05) is 6.07 Å². The first kappa shape index (κ1) is 19.9. The first-order valence-corrected chi connectivity index (χ1v) is 11.3. The molecule has 1 aliphatic rings. The van der Waals surface area contributed by atoms with Gasteiger partial charge in [0.25, 0.3) is 5.89 Å². The van der Waals surface area contributed by atoms with Crippen LogP contribution in [0.5, 0.6) is 0 Å². The third-order valence-electron chi connectivity index (χ3n) is 6.36. The van der Waals surface area contributed by atoms with Crippen LogP contribution in [0.2, 0.25) is 0 Å². The highest BCUT2D eigenvalue weighted by Gasteiger charge is 2.25. The minimum Gasteiger partial charge on any atom is -0.334 e. The van der Waals surface area contributed by atoms with Gasteiger partial charge >= 0.3 is 0 Å². The van der Waals surface area contributed by atoms with Crippen molar-refractivity contribution in [3.05, 3.63) is 60.4 Å². The fourth-order valence-corrected chi connectivity index (χ4v) is 4.52. The summed E-state index contributed by atoms with van der Waals surface area (Å²) in [4.78, 5) is 4.74. The van der Waals surface area contributed by atoms with E-state index < -0.39 is 0 Å². The molecule has 1 fully saturated rings. The Labute approximate surface area is 174 Å². The number of nitrogens with zero attached hydrogens (tertiary/aromatic N) is 2. The molecule has 0 saturated heterocycles.